The summed E-state index contributed by atoms with van der Waals surface area (Å²) in [6, 6.07) is 3.92. The number of rotatable bonds is 8. The summed E-state index contributed by atoms with van der Waals surface area (Å²) in [5.74, 6) is 0.331. The average molecular weight is 370 g/mol. The van der Waals surface area contributed by atoms with Crippen LogP contribution < -0.4 is 4.72 Å². The maximum Gasteiger partial charge on any atom is 0.243 e. The fourth-order valence-corrected chi connectivity index (χ4v) is 3.48. The van der Waals surface area contributed by atoms with Crippen LogP contribution in [0, 0.1) is 5.82 Å². The van der Waals surface area contributed by atoms with Crippen LogP contribution in [0.5, 0.6) is 0 Å². The zero-order valence-corrected chi connectivity index (χ0v) is 13.9. The summed E-state index contributed by atoms with van der Waals surface area (Å²) in [6.45, 7) is 0.340. The van der Waals surface area contributed by atoms with Crippen molar-refractivity contribution in [1.29, 1.82) is 0 Å². The Morgan fingerprint density at radius 3 is 2.68 bits per heavy atom. The van der Waals surface area contributed by atoms with E-state index in [1.54, 1.807) is 11.8 Å². The minimum atomic E-state index is -3.75. The maximum absolute atomic E-state index is 13.6. The Bertz CT molecular complexity index is 508. The third kappa shape index (κ3) is 5.81. The van der Waals surface area contributed by atoms with Crippen molar-refractivity contribution >= 4 is 37.7 Å². The van der Waals surface area contributed by atoms with Crippen LogP contribution in [-0.2, 0) is 10.0 Å². The van der Waals surface area contributed by atoms with Crippen LogP contribution in [0.3, 0.4) is 0 Å². The number of hydrogen-bond donors (Lipinski definition) is 1. The Hall–Kier alpha value is -0.110. The average Bonchev–Trinajstić information content (AvgIpc) is 2.33. The van der Waals surface area contributed by atoms with E-state index in [0.717, 1.165) is 31.1 Å². The lowest BCUT2D eigenvalue weighted by Crippen LogP contribution is -2.25. The number of sulfonamides is 1. The number of halogens is 2. The molecule has 108 valence electrons. The van der Waals surface area contributed by atoms with Crippen molar-refractivity contribution in [1.82, 2.24) is 4.72 Å². The number of unbranched alkanes of at least 4 members (excludes halogenated alkanes) is 2. The van der Waals surface area contributed by atoms with Gasteiger partial charge in [-0.15, -0.1) is 0 Å². The van der Waals surface area contributed by atoms with E-state index in [-0.39, 0.29) is 4.90 Å². The quantitative estimate of drug-likeness (QED) is 0.714. The molecule has 0 unspecified atom stereocenters. The first-order valence-corrected chi connectivity index (χ1v) is 9.58. The minimum absolute atomic E-state index is 0.306. The molecule has 1 aromatic carbocycles. The molecule has 0 fully saturated rings. The summed E-state index contributed by atoms with van der Waals surface area (Å²) in [7, 11) is -3.75. The van der Waals surface area contributed by atoms with E-state index in [2.05, 4.69) is 20.7 Å². The molecule has 0 aliphatic heterocycles. The summed E-state index contributed by atoms with van der Waals surface area (Å²) >= 11 is 4.87. The number of benzene rings is 1. The van der Waals surface area contributed by atoms with Gasteiger partial charge >= 0.3 is 0 Å². The van der Waals surface area contributed by atoms with Crippen LogP contribution in [0.4, 0.5) is 4.39 Å². The molecule has 0 spiro atoms. The standard InChI is InChI=1S/C12H17BrFNO2S2/c1-18-8-4-2-3-7-15-19(16,17)12-6-5-10(13)9-11(12)14/h5-6,9,15H,2-4,7-8H2,1H3. The van der Waals surface area contributed by atoms with Gasteiger partial charge in [-0.1, -0.05) is 22.4 Å². The van der Waals surface area contributed by atoms with E-state index in [9.17, 15) is 12.8 Å². The summed E-state index contributed by atoms with van der Waals surface area (Å²) in [5.41, 5.74) is 0. The van der Waals surface area contributed by atoms with Crippen LogP contribution in [0.2, 0.25) is 0 Å². The van der Waals surface area contributed by atoms with E-state index in [1.807, 2.05) is 6.26 Å². The summed E-state index contributed by atoms with van der Waals surface area (Å²) in [5, 5.41) is 0. The van der Waals surface area contributed by atoms with Crippen molar-refractivity contribution in [3.05, 3.63) is 28.5 Å². The number of thioether (sulfide) groups is 1. The molecule has 0 aliphatic carbocycles. The topological polar surface area (TPSA) is 46.2 Å². The van der Waals surface area contributed by atoms with Gasteiger partial charge in [-0.2, -0.15) is 11.8 Å². The third-order valence-corrected chi connectivity index (χ3v) is 5.19. The zero-order valence-electron chi connectivity index (χ0n) is 10.7. The molecule has 0 bridgehead atoms. The van der Waals surface area contributed by atoms with Gasteiger partial charge in [0.25, 0.3) is 0 Å². The largest absolute Gasteiger partial charge is 0.243 e. The highest BCUT2D eigenvalue weighted by Gasteiger charge is 2.18. The second kappa shape index (κ2) is 8.24. The molecule has 0 heterocycles. The zero-order chi connectivity index (χ0) is 14.3. The van der Waals surface area contributed by atoms with Gasteiger partial charge in [0.2, 0.25) is 10.0 Å². The lowest BCUT2D eigenvalue weighted by atomic mass is 10.2. The van der Waals surface area contributed by atoms with Crippen LogP contribution >= 0.6 is 27.7 Å². The Balaban J connectivity index is 2.52. The molecule has 0 amide bonds. The highest BCUT2D eigenvalue weighted by Crippen LogP contribution is 2.19. The monoisotopic (exact) mass is 369 g/mol. The van der Waals surface area contributed by atoms with Gasteiger partial charge in [-0.05, 0) is 43.0 Å². The Morgan fingerprint density at radius 1 is 1.32 bits per heavy atom. The fraction of sp³-hybridized carbons (Fsp3) is 0.500. The summed E-state index contributed by atoms with van der Waals surface area (Å²) in [4.78, 5) is -0.306. The van der Waals surface area contributed by atoms with Crippen molar-refractivity contribution in [2.24, 2.45) is 0 Å². The van der Waals surface area contributed by atoms with Crippen molar-refractivity contribution in [2.75, 3.05) is 18.6 Å². The first-order valence-electron chi connectivity index (χ1n) is 5.91. The van der Waals surface area contributed by atoms with E-state index in [4.69, 9.17) is 0 Å². The van der Waals surface area contributed by atoms with E-state index in [1.165, 1.54) is 12.1 Å². The van der Waals surface area contributed by atoms with Crippen molar-refractivity contribution in [3.8, 4) is 0 Å². The van der Waals surface area contributed by atoms with Gasteiger partial charge in [0.1, 0.15) is 10.7 Å². The Labute approximate surface area is 126 Å². The molecule has 7 heteroatoms. The van der Waals surface area contributed by atoms with Gasteiger partial charge in [0.05, 0.1) is 0 Å². The van der Waals surface area contributed by atoms with Gasteiger partial charge in [-0.3, -0.25) is 0 Å². The molecule has 1 aromatic rings. The van der Waals surface area contributed by atoms with Crippen molar-refractivity contribution < 1.29 is 12.8 Å². The van der Waals surface area contributed by atoms with Gasteiger partial charge in [0.15, 0.2) is 0 Å². The predicted octanol–water partition coefficient (Wildman–Crippen LogP) is 3.40. The predicted molar refractivity (Wildman–Crippen MR) is 81.5 cm³/mol. The number of nitrogens with one attached hydrogen (secondary N) is 1. The molecule has 0 saturated heterocycles. The SMILES string of the molecule is CSCCCCCNS(=O)(=O)c1ccc(Br)cc1F. The summed E-state index contributed by atoms with van der Waals surface area (Å²) in [6.07, 6.45) is 4.83. The molecule has 19 heavy (non-hydrogen) atoms. The number of hydrogen-bond acceptors (Lipinski definition) is 3. The highest BCUT2D eigenvalue weighted by molar-refractivity contribution is 9.10. The molecule has 3 nitrogen and oxygen atoms in total. The van der Waals surface area contributed by atoms with Gasteiger partial charge in [0, 0.05) is 11.0 Å². The summed E-state index contributed by atoms with van der Waals surface area (Å²) < 4.78 is 40.3. The van der Waals surface area contributed by atoms with Gasteiger partial charge in [-0.25, -0.2) is 17.5 Å². The second-order valence-electron chi connectivity index (χ2n) is 4.03. The lowest BCUT2D eigenvalue weighted by molar-refractivity contribution is 0.553. The van der Waals surface area contributed by atoms with Crippen LogP contribution in [-0.4, -0.2) is 27.0 Å². The molecule has 1 N–H and O–H groups in total. The molecular formula is C12H17BrFNO2S2. The van der Waals surface area contributed by atoms with Crippen molar-refractivity contribution in [2.45, 2.75) is 24.2 Å². The minimum Gasteiger partial charge on any atom is -0.211 e. The van der Waals surface area contributed by atoms with Crippen LogP contribution in [0.25, 0.3) is 0 Å². The molecule has 0 atom stereocenters. The Morgan fingerprint density at radius 2 is 2.05 bits per heavy atom. The molecule has 0 radical (unpaired) electrons. The van der Waals surface area contributed by atoms with E-state index in [0.29, 0.717) is 11.0 Å². The fourth-order valence-electron chi connectivity index (χ4n) is 1.53. The Kier molecular flexibility index (Phi) is 7.35. The lowest BCUT2D eigenvalue weighted by Gasteiger charge is -2.07. The molecule has 1 rings (SSSR count). The smallest absolute Gasteiger partial charge is 0.211 e. The van der Waals surface area contributed by atoms with Gasteiger partial charge < -0.3 is 0 Å². The first kappa shape index (κ1) is 16.9. The first-order chi connectivity index (χ1) is 8.97. The third-order valence-electron chi connectivity index (χ3n) is 2.50. The van der Waals surface area contributed by atoms with E-state index < -0.39 is 15.8 Å². The van der Waals surface area contributed by atoms with Crippen LogP contribution in [0.15, 0.2) is 27.6 Å². The molecular weight excluding hydrogens is 353 g/mol. The molecule has 0 aliphatic rings. The maximum atomic E-state index is 13.6. The van der Waals surface area contributed by atoms with Crippen LogP contribution in [0.1, 0.15) is 19.3 Å². The second-order valence-corrected chi connectivity index (χ2v) is 7.66. The molecule has 0 aromatic heterocycles. The van der Waals surface area contributed by atoms with E-state index >= 15 is 0 Å². The van der Waals surface area contributed by atoms with Crippen molar-refractivity contribution in [3.63, 3.8) is 0 Å². The normalized spacial score (nSPS) is 11.7. The highest BCUT2D eigenvalue weighted by atomic mass is 79.9. The molecule has 0 saturated carbocycles.